The third-order valence-corrected chi connectivity index (χ3v) is 4.26. The molecule has 1 aromatic carbocycles. The second-order valence-electron chi connectivity index (χ2n) is 6.25. The molecule has 1 aliphatic heterocycles. The Morgan fingerprint density at radius 3 is 2.67 bits per heavy atom. The van der Waals surface area contributed by atoms with E-state index in [0.717, 1.165) is 45.1 Å². The number of hydrogen-bond acceptors (Lipinski definition) is 7. The lowest BCUT2D eigenvalue weighted by Gasteiger charge is -2.26. The van der Waals surface area contributed by atoms with Crippen LogP contribution < -0.4 is 15.4 Å². The summed E-state index contributed by atoms with van der Waals surface area (Å²) in [6, 6.07) is 8.82. The zero-order chi connectivity index (χ0) is 19.1. The third kappa shape index (κ3) is 5.63. The Labute approximate surface area is 158 Å². The number of carbonyl (C=O) groups is 1. The molecule has 1 fully saturated rings. The zero-order valence-electron chi connectivity index (χ0n) is 15.7. The molecule has 3 rings (SSSR count). The molecule has 1 saturated heterocycles. The minimum Gasteiger partial charge on any atom is -0.497 e. The number of aromatic nitrogens is 2. The van der Waals surface area contributed by atoms with Crippen LogP contribution in [0.2, 0.25) is 0 Å². The number of morpholine rings is 1. The van der Waals surface area contributed by atoms with Gasteiger partial charge in [-0.3, -0.25) is 9.69 Å². The van der Waals surface area contributed by atoms with E-state index < -0.39 is 0 Å². The molecule has 144 valence electrons. The summed E-state index contributed by atoms with van der Waals surface area (Å²) in [5.41, 5.74) is 1.01. The number of rotatable bonds is 7. The van der Waals surface area contributed by atoms with Crippen LogP contribution in [-0.4, -0.2) is 67.3 Å². The van der Waals surface area contributed by atoms with Crippen LogP contribution in [0, 0.1) is 6.92 Å². The number of nitrogens with one attached hydrogen (secondary N) is 2. The number of amides is 1. The van der Waals surface area contributed by atoms with Crippen molar-refractivity contribution >= 4 is 17.4 Å². The first kappa shape index (κ1) is 19.1. The predicted molar refractivity (Wildman–Crippen MR) is 103 cm³/mol. The van der Waals surface area contributed by atoms with E-state index in [1.165, 1.54) is 0 Å². The summed E-state index contributed by atoms with van der Waals surface area (Å²) in [7, 11) is 1.60. The molecule has 1 aromatic heterocycles. The van der Waals surface area contributed by atoms with Crippen LogP contribution in [-0.2, 0) is 4.74 Å². The van der Waals surface area contributed by atoms with Gasteiger partial charge in [-0.25, -0.2) is 9.97 Å². The van der Waals surface area contributed by atoms with Crippen molar-refractivity contribution < 1.29 is 14.3 Å². The summed E-state index contributed by atoms with van der Waals surface area (Å²) in [6.45, 7) is 6.87. The Bertz CT molecular complexity index is 760. The van der Waals surface area contributed by atoms with Gasteiger partial charge in [0.2, 0.25) is 0 Å². The van der Waals surface area contributed by atoms with Crippen molar-refractivity contribution in [1.29, 1.82) is 0 Å². The van der Waals surface area contributed by atoms with Gasteiger partial charge < -0.3 is 20.1 Å². The number of carbonyl (C=O) groups excluding carboxylic acids is 1. The lowest BCUT2D eigenvalue weighted by Crippen LogP contribution is -2.39. The molecule has 0 atom stereocenters. The van der Waals surface area contributed by atoms with Crippen LogP contribution in [0.4, 0.5) is 11.5 Å². The lowest BCUT2D eigenvalue weighted by molar-refractivity contribution is 0.0398. The standard InChI is InChI=1S/C19H25N5O3/c1-14-21-17(19(25)23-15-3-5-16(26-2)6-4-15)13-18(22-14)20-7-8-24-9-11-27-12-10-24/h3-6,13H,7-12H2,1-2H3,(H,23,25)(H,20,21,22). The number of hydrogen-bond donors (Lipinski definition) is 2. The highest BCUT2D eigenvalue weighted by Gasteiger charge is 2.12. The van der Waals surface area contributed by atoms with Gasteiger partial charge in [0.15, 0.2) is 0 Å². The fraction of sp³-hybridized carbons (Fsp3) is 0.421. The van der Waals surface area contributed by atoms with Crippen molar-refractivity contribution in [2.45, 2.75) is 6.92 Å². The van der Waals surface area contributed by atoms with Gasteiger partial charge in [0, 0.05) is 37.9 Å². The van der Waals surface area contributed by atoms with E-state index in [4.69, 9.17) is 9.47 Å². The van der Waals surface area contributed by atoms with Crippen LogP contribution in [0.3, 0.4) is 0 Å². The smallest absolute Gasteiger partial charge is 0.274 e. The summed E-state index contributed by atoms with van der Waals surface area (Å²) in [4.78, 5) is 23.5. The predicted octanol–water partition coefficient (Wildman–Crippen LogP) is 1.79. The first-order valence-corrected chi connectivity index (χ1v) is 8.99. The van der Waals surface area contributed by atoms with E-state index in [1.807, 2.05) is 0 Å². The van der Waals surface area contributed by atoms with E-state index in [-0.39, 0.29) is 5.91 Å². The molecule has 2 heterocycles. The lowest BCUT2D eigenvalue weighted by atomic mass is 10.3. The molecule has 0 unspecified atom stereocenters. The van der Waals surface area contributed by atoms with Crippen molar-refractivity contribution in [3.63, 3.8) is 0 Å². The minimum absolute atomic E-state index is 0.276. The number of ether oxygens (including phenoxy) is 2. The van der Waals surface area contributed by atoms with Gasteiger partial charge in [0.1, 0.15) is 23.1 Å². The summed E-state index contributed by atoms with van der Waals surface area (Å²) in [5, 5.41) is 6.11. The molecule has 0 radical (unpaired) electrons. The van der Waals surface area contributed by atoms with Crippen molar-refractivity contribution in [2.24, 2.45) is 0 Å². The van der Waals surface area contributed by atoms with Gasteiger partial charge in [-0.15, -0.1) is 0 Å². The van der Waals surface area contributed by atoms with Gasteiger partial charge >= 0.3 is 0 Å². The van der Waals surface area contributed by atoms with Gasteiger partial charge in [-0.2, -0.15) is 0 Å². The van der Waals surface area contributed by atoms with Crippen molar-refractivity contribution in [3.8, 4) is 5.75 Å². The molecule has 27 heavy (non-hydrogen) atoms. The Hall–Kier alpha value is -2.71. The van der Waals surface area contributed by atoms with Gasteiger partial charge in [-0.1, -0.05) is 0 Å². The first-order chi connectivity index (χ1) is 13.1. The maximum Gasteiger partial charge on any atom is 0.274 e. The van der Waals surface area contributed by atoms with Gasteiger partial charge in [0.25, 0.3) is 5.91 Å². The molecule has 8 nitrogen and oxygen atoms in total. The number of aryl methyl sites for hydroxylation is 1. The number of nitrogens with zero attached hydrogens (tertiary/aromatic N) is 3. The molecule has 8 heteroatoms. The quantitative estimate of drug-likeness (QED) is 0.767. The summed E-state index contributed by atoms with van der Waals surface area (Å²) >= 11 is 0. The van der Waals surface area contributed by atoms with Crippen LogP contribution in [0.25, 0.3) is 0 Å². The molecule has 0 aliphatic carbocycles. The zero-order valence-corrected chi connectivity index (χ0v) is 15.7. The third-order valence-electron chi connectivity index (χ3n) is 4.26. The Morgan fingerprint density at radius 1 is 1.22 bits per heavy atom. The largest absolute Gasteiger partial charge is 0.497 e. The molecule has 0 spiro atoms. The molecular weight excluding hydrogens is 346 g/mol. The molecule has 2 aromatic rings. The molecule has 0 bridgehead atoms. The van der Waals surface area contributed by atoms with E-state index in [9.17, 15) is 4.79 Å². The molecule has 1 aliphatic rings. The summed E-state index contributed by atoms with van der Waals surface area (Å²) in [5.74, 6) is 1.65. The monoisotopic (exact) mass is 371 g/mol. The molecular formula is C19H25N5O3. The molecule has 1 amide bonds. The normalized spacial score (nSPS) is 14.6. The summed E-state index contributed by atoms with van der Waals surface area (Å²) < 4.78 is 10.5. The van der Waals surface area contributed by atoms with Crippen LogP contribution >= 0.6 is 0 Å². The van der Waals surface area contributed by atoms with Crippen molar-refractivity contribution in [2.75, 3.05) is 57.1 Å². The highest BCUT2D eigenvalue weighted by Crippen LogP contribution is 2.16. The van der Waals surface area contributed by atoms with E-state index in [2.05, 4.69) is 25.5 Å². The minimum atomic E-state index is -0.276. The Kier molecular flexibility index (Phi) is 6.56. The second kappa shape index (κ2) is 9.29. The summed E-state index contributed by atoms with van der Waals surface area (Å²) in [6.07, 6.45) is 0. The van der Waals surface area contributed by atoms with E-state index in [1.54, 1.807) is 44.4 Å². The second-order valence-corrected chi connectivity index (χ2v) is 6.25. The van der Waals surface area contributed by atoms with Crippen molar-refractivity contribution in [3.05, 3.63) is 41.9 Å². The number of methoxy groups -OCH3 is 1. The van der Waals surface area contributed by atoms with E-state index in [0.29, 0.717) is 23.0 Å². The Balaban J connectivity index is 1.58. The highest BCUT2D eigenvalue weighted by atomic mass is 16.5. The maximum absolute atomic E-state index is 12.5. The average Bonchev–Trinajstić information content (AvgIpc) is 2.69. The number of benzene rings is 1. The van der Waals surface area contributed by atoms with Crippen LogP contribution in [0.15, 0.2) is 30.3 Å². The molecule has 0 saturated carbocycles. The van der Waals surface area contributed by atoms with Crippen LogP contribution in [0.1, 0.15) is 16.3 Å². The fourth-order valence-corrected chi connectivity index (χ4v) is 2.81. The number of anilines is 2. The SMILES string of the molecule is COc1ccc(NC(=O)c2cc(NCCN3CCOCC3)nc(C)n2)cc1. The maximum atomic E-state index is 12.5. The Morgan fingerprint density at radius 2 is 1.96 bits per heavy atom. The van der Waals surface area contributed by atoms with E-state index >= 15 is 0 Å². The van der Waals surface area contributed by atoms with Crippen molar-refractivity contribution in [1.82, 2.24) is 14.9 Å². The fourth-order valence-electron chi connectivity index (χ4n) is 2.81. The topological polar surface area (TPSA) is 88.6 Å². The molecule has 2 N–H and O–H groups in total. The van der Waals surface area contributed by atoms with Gasteiger partial charge in [0.05, 0.1) is 20.3 Å². The average molecular weight is 371 g/mol. The van der Waals surface area contributed by atoms with Crippen LogP contribution in [0.5, 0.6) is 5.75 Å². The highest BCUT2D eigenvalue weighted by molar-refractivity contribution is 6.03. The van der Waals surface area contributed by atoms with Gasteiger partial charge in [-0.05, 0) is 31.2 Å². The first-order valence-electron chi connectivity index (χ1n) is 8.99.